The Morgan fingerprint density at radius 3 is 2.37 bits per heavy atom. The van der Waals surface area contributed by atoms with Crippen LogP contribution >= 0.6 is 11.6 Å². The summed E-state index contributed by atoms with van der Waals surface area (Å²) in [6, 6.07) is 13.5. The van der Waals surface area contributed by atoms with Gasteiger partial charge in [-0.25, -0.2) is 0 Å². The number of nitrogens with zero attached hydrogens (tertiary/aromatic N) is 1. The first kappa shape index (κ1) is 19.4. The molecular formula is C20H22ClN3O3. The third kappa shape index (κ3) is 5.79. The van der Waals surface area contributed by atoms with Gasteiger partial charge in [-0.2, -0.15) is 0 Å². The summed E-state index contributed by atoms with van der Waals surface area (Å²) in [5.74, 6) is -0.468. The maximum absolute atomic E-state index is 12.4. The Hall–Kier alpha value is -2.41. The number of carbonyl (C=O) groups excluding carboxylic acids is 2. The lowest BCUT2D eigenvalue weighted by atomic mass is 10.1. The van der Waals surface area contributed by atoms with Gasteiger partial charge >= 0.3 is 0 Å². The zero-order valence-electron chi connectivity index (χ0n) is 14.9. The van der Waals surface area contributed by atoms with Gasteiger partial charge in [-0.3, -0.25) is 14.5 Å². The molecule has 6 nitrogen and oxygen atoms in total. The van der Waals surface area contributed by atoms with Crippen LogP contribution in [0.4, 0.5) is 5.69 Å². The maximum atomic E-state index is 12.4. The molecule has 1 heterocycles. The first-order valence-electron chi connectivity index (χ1n) is 8.87. The van der Waals surface area contributed by atoms with Crippen LogP contribution in [0.25, 0.3) is 0 Å². The first-order valence-corrected chi connectivity index (χ1v) is 9.25. The lowest BCUT2D eigenvalue weighted by molar-refractivity contribution is 0.0383. The number of hydrogen-bond donors (Lipinski definition) is 2. The molecule has 0 atom stereocenters. The molecule has 0 unspecified atom stereocenters. The molecule has 7 heteroatoms. The fourth-order valence-corrected chi connectivity index (χ4v) is 2.92. The average molecular weight is 388 g/mol. The molecule has 2 amide bonds. The maximum Gasteiger partial charge on any atom is 0.255 e. The highest BCUT2D eigenvalue weighted by molar-refractivity contribution is 6.30. The van der Waals surface area contributed by atoms with Crippen LogP contribution in [0.3, 0.4) is 0 Å². The van der Waals surface area contributed by atoms with Gasteiger partial charge in [-0.05, 0) is 42.5 Å². The normalized spacial score (nSPS) is 14.6. The number of rotatable bonds is 6. The minimum atomic E-state index is -0.278. The van der Waals surface area contributed by atoms with Gasteiger partial charge in [0, 0.05) is 48.0 Å². The van der Waals surface area contributed by atoms with Gasteiger partial charge in [0.15, 0.2) is 0 Å². The molecule has 0 saturated carbocycles. The summed E-state index contributed by atoms with van der Waals surface area (Å²) in [4.78, 5) is 27.0. The van der Waals surface area contributed by atoms with Crippen molar-refractivity contribution in [1.82, 2.24) is 10.2 Å². The number of carbonyl (C=O) groups is 2. The van der Waals surface area contributed by atoms with Crippen molar-refractivity contribution in [2.75, 3.05) is 44.7 Å². The summed E-state index contributed by atoms with van der Waals surface area (Å²) >= 11 is 5.85. The van der Waals surface area contributed by atoms with E-state index in [1.54, 1.807) is 48.5 Å². The van der Waals surface area contributed by atoms with Crippen molar-refractivity contribution in [1.29, 1.82) is 0 Å². The van der Waals surface area contributed by atoms with E-state index in [0.717, 1.165) is 32.8 Å². The summed E-state index contributed by atoms with van der Waals surface area (Å²) in [6.45, 7) is 4.58. The van der Waals surface area contributed by atoms with Gasteiger partial charge in [0.1, 0.15) is 0 Å². The first-order chi connectivity index (χ1) is 13.1. The highest BCUT2D eigenvalue weighted by Crippen LogP contribution is 2.15. The van der Waals surface area contributed by atoms with Crippen LogP contribution in [-0.4, -0.2) is 56.1 Å². The molecule has 27 heavy (non-hydrogen) atoms. The predicted molar refractivity (Wildman–Crippen MR) is 105 cm³/mol. The van der Waals surface area contributed by atoms with E-state index < -0.39 is 0 Å². The summed E-state index contributed by atoms with van der Waals surface area (Å²) < 4.78 is 5.31. The third-order valence-corrected chi connectivity index (χ3v) is 4.56. The molecule has 142 valence electrons. The van der Waals surface area contributed by atoms with Gasteiger partial charge in [-0.15, -0.1) is 0 Å². The van der Waals surface area contributed by atoms with Gasteiger partial charge in [0.05, 0.1) is 13.2 Å². The van der Waals surface area contributed by atoms with Crippen molar-refractivity contribution in [2.45, 2.75) is 0 Å². The minimum absolute atomic E-state index is 0.190. The standard InChI is InChI=1S/C20H22ClN3O3/c21-17-4-6-18(7-5-17)23-20(26)16-3-1-2-15(14-16)19(25)22-8-9-24-10-12-27-13-11-24/h1-7,14H,8-13H2,(H,22,25)(H,23,26). The molecular weight excluding hydrogens is 366 g/mol. The Kier molecular flexibility index (Phi) is 6.81. The number of morpholine rings is 1. The molecule has 1 aliphatic heterocycles. The van der Waals surface area contributed by atoms with E-state index in [4.69, 9.17) is 16.3 Å². The predicted octanol–water partition coefficient (Wildman–Crippen LogP) is 2.65. The van der Waals surface area contributed by atoms with Crippen molar-refractivity contribution in [3.63, 3.8) is 0 Å². The van der Waals surface area contributed by atoms with Crippen molar-refractivity contribution in [2.24, 2.45) is 0 Å². The van der Waals surface area contributed by atoms with Crippen LogP contribution in [0, 0.1) is 0 Å². The Morgan fingerprint density at radius 2 is 1.67 bits per heavy atom. The zero-order chi connectivity index (χ0) is 19.1. The lowest BCUT2D eigenvalue weighted by Crippen LogP contribution is -2.41. The molecule has 0 aliphatic carbocycles. The monoisotopic (exact) mass is 387 g/mol. The van der Waals surface area contributed by atoms with Crippen LogP contribution in [0.2, 0.25) is 5.02 Å². The van der Waals surface area contributed by atoms with Crippen LogP contribution in [0.1, 0.15) is 20.7 Å². The number of halogens is 1. The van der Waals surface area contributed by atoms with Crippen LogP contribution in [0.15, 0.2) is 48.5 Å². The van der Waals surface area contributed by atoms with Gasteiger partial charge in [-0.1, -0.05) is 17.7 Å². The van der Waals surface area contributed by atoms with E-state index in [2.05, 4.69) is 15.5 Å². The molecule has 1 fully saturated rings. The summed E-state index contributed by atoms with van der Waals surface area (Å²) in [6.07, 6.45) is 0. The summed E-state index contributed by atoms with van der Waals surface area (Å²) in [5, 5.41) is 6.29. The Labute approximate surface area is 163 Å². The number of nitrogens with one attached hydrogen (secondary N) is 2. The van der Waals surface area contributed by atoms with Crippen molar-refractivity contribution < 1.29 is 14.3 Å². The second-order valence-electron chi connectivity index (χ2n) is 6.25. The third-order valence-electron chi connectivity index (χ3n) is 4.31. The van der Waals surface area contributed by atoms with E-state index in [0.29, 0.717) is 28.4 Å². The number of ether oxygens (including phenoxy) is 1. The summed E-state index contributed by atoms with van der Waals surface area (Å²) in [7, 11) is 0. The second kappa shape index (κ2) is 9.50. The van der Waals surface area contributed by atoms with Gasteiger partial charge in [0.25, 0.3) is 11.8 Å². The zero-order valence-corrected chi connectivity index (χ0v) is 15.7. The second-order valence-corrected chi connectivity index (χ2v) is 6.69. The van der Waals surface area contributed by atoms with Gasteiger partial charge < -0.3 is 15.4 Å². The van der Waals surface area contributed by atoms with E-state index >= 15 is 0 Å². The van der Waals surface area contributed by atoms with Crippen LogP contribution < -0.4 is 10.6 Å². The minimum Gasteiger partial charge on any atom is -0.379 e. The van der Waals surface area contributed by atoms with Crippen molar-refractivity contribution in [3.8, 4) is 0 Å². The molecule has 1 saturated heterocycles. The topological polar surface area (TPSA) is 70.7 Å². The highest BCUT2D eigenvalue weighted by atomic mass is 35.5. The molecule has 0 bridgehead atoms. The number of hydrogen-bond acceptors (Lipinski definition) is 4. The highest BCUT2D eigenvalue weighted by Gasteiger charge is 2.13. The van der Waals surface area contributed by atoms with E-state index in [1.807, 2.05) is 0 Å². The Morgan fingerprint density at radius 1 is 1.00 bits per heavy atom. The van der Waals surface area contributed by atoms with E-state index in [-0.39, 0.29) is 11.8 Å². The molecule has 3 rings (SSSR count). The molecule has 0 spiro atoms. The fraction of sp³-hybridized carbons (Fsp3) is 0.300. The fourth-order valence-electron chi connectivity index (χ4n) is 2.79. The Balaban J connectivity index is 1.54. The number of anilines is 1. The van der Waals surface area contributed by atoms with Crippen molar-refractivity contribution >= 4 is 29.1 Å². The molecule has 1 aliphatic rings. The molecule has 0 aromatic heterocycles. The van der Waals surface area contributed by atoms with Crippen molar-refractivity contribution in [3.05, 3.63) is 64.7 Å². The smallest absolute Gasteiger partial charge is 0.255 e. The molecule has 2 aromatic carbocycles. The summed E-state index contributed by atoms with van der Waals surface area (Å²) in [5.41, 5.74) is 1.52. The number of amides is 2. The van der Waals surface area contributed by atoms with Gasteiger partial charge in [0.2, 0.25) is 0 Å². The number of benzene rings is 2. The van der Waals surface area contributed by atoms with Crippen LogP contribution in [-0.2, 0) is 4.74 Å². The van der Waals surface area contributed by atoms with E-state index in [9.17, 15) is 9.59 Å². The lowest BCUT2D eigenvalue weighted by Gasteiger charge is -2.26. The average Bonchev–Trinajstić information content (AvgIpc) is 2.70. The molecule has 2 N–H and O–H groups in total. The largest absolute Gasteiger partial charge is 0.379 e. The SMILES string of the molecule is O=C(NCCN1CCOCC1)c1cccc(C(=O)Nc2ccc(Cl)cc2)c1. The quantitative estimate of drug-likeness (QED) is 0.799. The molecule has 0 radical (unpaired) electrons. The van der Waals surface area contributed by atoms with Crippen LogP contribution in [0.5, 0.6) is 0 Å². The van der Waals surface area contributed by atoms with E-state index in [1.165, 1.54) is 0 Å². The molecule has 2 aromatic rings. The Bertz CT molecular complexity index is 789.